The summed E-state index contributed by atoms with van der Waals surface area (Å²) in [6, 6.07) is 19.9. The van der Waals surface area contributed by atoms with Crippen molar-refractivity contribution in [3.8, 4) is 11.1 Å². The lowest BCUT2D eigenvalue weighted by molar-refractivity contribution is 1.38. The van der Waals surface area contributed by atoms with Crippen molar-refractivity contribution in [3.05, 3.63) is 71.3 Å². The molecular formula is C19H18. The Bertz CT molecular complexity index is 751. The van der Waals surface area contributed by atoms with Crippen LogP contribution < -0.4 is 0 Å². The summed E-state index contributed by atoms with van der Waals surface area (Å²) in [6.07, 6.45) is 0. The van der Waals surface area contributed by atoms with E-state index in [1.165, 1.54) is 38.6 Å². The molecule has 3 aromatic rings. The summed E-state index contributed by atoms with van der Waals surface area (Å²) in [5.41, 5.74) is 6.64. The lowest BCUT2D eigenvalue weighted by Crippen LogP contribution is -1.87. The number of hydrogen-bond acceptors (Lipinski definition) is 0. The summed E-state index contributed by atoms with van der Waals surface area (Å²) in [4.78, 5) is 0. The Hall–Kier alpha value is -2.08. The molecule has 94 valence electrons. The van der Waals surface area contributed by atoms with Gasteiger partial charge in [0.15, 0.2) is 0 Å². The van der Waals surface area contributed by atoms with E-state index in [2.05, 4.69) is 75.4 Å². The first-order valence-corrected chi connectivity index (χ1v) is 6.72. The highest BCUT2D eigenvalue weighted by Crippen LogP contribution is 2.31. The van der Waals surface area contributed by atoms with Crippen LogP contribution in [0.1, 0.15) is 16.7 Å². The Labute approximate surface area is 114 Å². The average Bonchev–Trinajstić information content (AvgIpc) is 2.38. The van der Waals surface area contributed by atoms with Gasteiger partial charge in [0.25, 0.3) is 0 Å². The Kier molecular flexibility index (Phi) is 2.87. The highest BCUT2D eigenvalue weighted by molar-refractivity contribution is 5.97. The van der Waals surface area contributed by atoms with Crippen LogP contribution in [0.25, 0.3) is 21.9 Å². The first-order chi connectivity index (χ1) is 9.15. The fraction of sp³-hybridized carbons (Fsp3) is 0.158. The van der Waals surface area contributed by atoms with E-state index >= 15 is 0 Å². The van der Waals surface area contributed by atoms with E-state index in [9.17, 15) is 0 Å². The molecule has 0 radical (unpaired) electrons. The molecule has 3 aromatic carbocycles. The molecule has 0 nitrogen and oxygen atoms in total. The van der Waals surface area contributed by atoms with E-state index in [-0.39, 0.29) is 0 Å². The minimum Gasteiger partial charge on any atom is -0.0610 e. The van der Waals surface area contributed by atoms with E-state index in [4.69, 9.17) is 0 Å². The van der Waals surface area contributed by atoms with Crippen molar-refractivity contribution in [2.45, 2.75) is 20.8 Å². The maximum atomic E-state index is 2.28. The molecule has 0 unspecified atom stereocenters. The maximum Gasteiger partial charge on any atom is -0.0103 e. The van der Waals surface area contributed by atoms with Gasteiger partial charge in [0.2, 0.25) is 0 Å². The smallest absolute Gasteiger partial charge is 0.0103 e. The maximum absolute atomic E-state index is 2.28. The quantitative estimate of drug-likeness (QED) is 0.537. The molecule has 0 aliphatic heterocycles. The zero-order chi connectivity index (χ0) is 13.4. The number of fused-ring (bicyclic) bond motifs is 1. The highest BCUT2D eigenvalue weighted by Gasteiger charge is 2.06. The second-order valence-corrected chi connectivity index (χ2v) is 5.35. The third-order valence-electron chi connectivity index (χ3n) is 3.71. The van der Waals surface area contributed by atoms with Gasteiger partial charge in [-0.3, -0.25) is 0 Å². The second-order valence-electron chi connectivity index (χ2n) is 5.35. The van der Waals surface area contributed by atoms with Crippen molar-refractivity contribution in [1.29, 1.82) is 0 Å². The average molecular weight is 246 g/mol. The monoisotopic (exact) mass is 246 g/mol. The summed E-state index contributed by atoms with van der Waals surface area (Å²) < 4.78 is 0. The normalized spacial score (nSPS) is 10.9. The number of rotatable bonds is 1. The molecule has 19 heavy (non-hydrogen) atoms. The molecule has 0 heterocycles. The zero-order valence-electron chi connectivity index (χ0n) is 11.7. The van der Waals surface area contributed by atoms with Crippen LogP contribution >= 0.6 is 0 Å². The third-order valence-corrected chi connectivity index (χ3v) is 3.71. The van der Waals surface area contributed by atoms with Gasteiger partial charge in [0, 0.05) is 0 Å². The van der Waals surface area contributed by atoms with Crippen LogP contribution in [0.3, 0.4) is 0 Å². The van der Waals surface area contributed by atoms with Gasteiger partial charge in [-0.25, -0.2) is 0 Å². The number of aryl methyl sites for hydroxylation is 3. The van der Waals surface area contributed by atoms with Gasteiger partial charge in [0.1, 0.15) is 0 Å². The number of benzene rings is 3. The van der Waals surface area contributed by atoms with Crippen LogP contribution in [0.5, 0.6) is 0 Å². The second kappa shape index (κ2) is 4.55. The lowest BCUT2D eigenvalue weighted by atomic mass is 9.93. The van der Waals surface area contributed by atoms with Gasteiger partial charge < -0.3 is 0 Å². The number of hydrogen-bond donors (Lipinski definition) is 0. The minimum atomic E-state index is 1.31. The van der Waals surface area contributed by atoms with Crippen LogP contribution in [0, 0.1) is 20.8 Å². The van der Waals surface area contributed by atoms with Crippen LogP contribution in [0.2, 0.25) is 0 Å². The van der Waals surface area contributed by atoms with Gasteiger partial charge in [-0.05, 0) is 48.2 Å². The molecule has 0 spiro atoms. The minimum absolute atomic E-state index is 1.31. The SMILES string of the molecule is Cc1ccc(-c2cccc3ccc(C)cc23)c(C)c1. The first-order valence-electron chi connectivity index (χ1n) is 6.72. The fourth-order valence-corrected chi connectivity index (χ4v) is 2.74. The van der Waals surface area contributed by atoms with Crippen LogP contribution in [-0.4, -0.2) is 0 Å². The molecule has 0 bridgehead atoms. The topological polar surface area (TPSA) is 0 Å². The molecule has 0 aromatic heterocycles. The van der Waals surface area contributed by atoms with E-state index in [1.807, 2.05) is 0 Å². The van der Waals surface area contributed by atoms with Gasteiger partial charge in [0.05, 0.1) is 0 Å². The Morgan fingerprint density at radius 3 is 2.16 bits per heavy atom. The predicted octanol–water partition coefficient (Wildman–Crippen LogP) is 5.43. The van der Waals surface area contributed by atoms with Crippen LogP contribution in [-0.2, 0) is 0 Å². The molecular weight excluding hydrogens is 228 g/mol. The van der Waals surface area contributed by atoms with Crippen molar-refractivity contribution >= 4 is 10.8 Å². The van der Waals surface area contributed by atoms with Crippen molar-refractivity contribution < 1.29 is 0 Å². The van der Waals surface area contributed by atoms with E-state index in [0.717, 1.165) is 0 Å². The Morgan fingerprint density at radius 2 is 1.37 bits per heavy atom. The molecule has 0 saturated heterocycles. The van der Waals surface area contributed by atoms with Crippen LogP contribution in [0.15, 0.2) is 54.6 Å². The van der Waals surface area contributed by atoms with Gasteiger partial charge in [-0.1, -0.05) is 65.7 Å². The molecule has 0 heteroatoms. The summed E-state index contributed by atoms with van der Waals surface area (Å²) in [6.45, 7) is 6.49. The van der Waals surface area contributed by atoms with Crippen molar-refractivity contribution in [1.82, 2.24) is 0 Å². The third kappa shape index (κ3) is 2.15. The van der Waals surface area contributed by atoms with Gasteiger partial charge in [-0.2, -0.15) is 0 Å². The van der Waals surface area contributed by atoms with E-state index in [0.29, 0.717) is 0 Å². The molecule has 0 aliphatic carbocycles. The molecule has 0 atom stereocenters. The first kappa shape index (κ1) is 12.0. The largest absolute Gasteiger partial charge is 0.0610 e. The van der Waals surface area contributed by atoms with Crippen molar-refractivity contribution in [3.63, 3.8) is 0 Å². The molecule has 3 rings (SSSR count). The molecule has 0 saturated carbocycles. The highest BCUT2D eigenvalue weighted by atomic mass is 14.1. The summed E-state index contributed by atoms with van der Waals surface area (Å²) in [5.74, 6) is 0. The molecule has 0 fully saturated rings. The van der Waals surface area contributed by atoms with Gasteiger partial charge in [-0.15, -0.1) is 0 Å². The zero-order valence-corrected chi connectivity index (χ0v) is 11.7. The standard InChI is InChI=1S/C19H18/c1-13-8-10-17(15(3)11-13)18-6-4-5-16-9-7-14(2)12-19(16)18/h4-12H,1-3H3. The fourth-order valence-electron chi connectivity index (χ4n) is 2.74. The predicted molar refractivity (Wildman–Crippen MR) is 83.6 cm³/mol. The Balaban J connectivity index is 2.33. The lowest BCUT2D eigenvalue weighted by Gasteiger charge is -2.11. The molecule has 0 amide bonds. The molecule has 0 aliphatic rings. The van der Waals surface area contributed by atoms with E-state index < -0.39 is 0 Å². The van der Waals surface area contributed by atoms with Crippen LogP contribution in [0.4, 0.5) is 0 Å². The summed E-state index contributed by atoms with van der Waals surface area (Å²) in [5, 5.41) is 2.65. The van der Waals surface area contributed by atoms with E-state index in [1.54, 1.807) is 0 Å². The summed E-state index contributed by atoms with van der Waals surface area (Å²) >= 11 is 0. The Morgan fingerprint density at radius 1 is 0.632 bits per heavy atom. The van der Waals surface area contributed by atoms with Crippen molar-refractivity contribution in [2.24, 2.45) is 0 Å². The van der Waals surface area contributed by atoms with Crippen molar-refractivity contribution in [2.75, 3.05) is 0 Å². The molecule has 0 N–H and O–H groups in total. The summed E-state index contributed by atoms with van der Waals surface area (Å²) in [7, 11) is 0. The van der Waals surface area contributed by atoms with Gasteiger partial charge >= 0.3 is 0 Å².